The zero-order valence-electron chi connectivity index (χ0n) is 32.3. The van der Waals surface area contributed by atoms with Gasteiger partial charge in [0, 0.05) is 48.7 Å². The predicted octanol–water partition coefficient (Wildman–Crippen LogP) is 9.03. The van der Waals surface area contributed by atoms with Crippen LogP contribution in [-0.4, -0.2) is 47.4 Å². The van der Waals surface area contributed by atoms with Crippen molar-refractivity contribution in [2.45, 2.75) is 65.4 Å². The minimum Gasteiger partial charge on any atom is -0.443 e. The number of para-hydroxylation sites is 1. The van der Waals surface area contributed by atoms with Crippen molar-refractivity contribution in [1.29, 1.82) is 0 Å². The molecule has 0 bridgehead atoms. The van der Waals surface area contributed by atoms with Crippen molar-refractivity contribution in [3.05, 3.63) is 120 Å². The molecule has 0 radical (unpaired) electrons. The van der Waals surface area contributed by atoms with Crippen LogP contribution in [0.5, 0.6) is 5.75 Å². The summed E-state index contributed by atoms with van der Waals surface area (Å²) >= 11 is -2.04. The Labute approximate surface area is 325 Å². The molecular weight excluding hydrogens is 717 g/mol. The Morgan fingerprint density at radius 2 is 1.42 bits per heavy atom. The lowest BCUT2D eigenvalue weighted by Crippen LogP contribution is -2.34. The van der Waals surface area contributed by atoms with Crippen LogP contribution in [0, 0.1) is 6.92 Å². The minimum atomic E-state index is -2.04. The molecule has 5 aromatic carbocycles. The molecule has 0 saturated heterocycles. The summed E-state index contributed by atoms with van der Waals surface area (Å²) in [4.78, 5) is 50.1. The molecule has 11 nitrogen and oxygen atoms in total. The highest BCUT2D eigenvalue weighted by molar-refractivity contribution is 7.80. The lowest BCUT2D eigenvalue weighted by molar-refractivity contribution is -0.114. The van der Waals surface area contributed by atoms with Gasteiger partial charge in [0.25, 0.3) is 5.91 Å². The molecule has 0 heterocycles. The first-order valence-electron chi connectivity index (χ1n) is 18.2. The summed E-state index contributed by atoms with van der Waals surface area (Å²) in [5.74, 6) is -0.732. The van der Waals surface area contributed by atoms with Crippen molar-refractivity contribution >= 4 is 62.5 Å². The third-order valence-corrected chi connectivity index (χ3v) is 9.52. The second kappa shape index (κ2) is 18.1. The largest absolute Gasteiger partial charge is 0.443 e. The number of carbonyl (C=O) groups is 3. The van der Waals surface area contributed by atoms with Gasteiger partial charge in [0.15, 0.2) is 5.75 Å². The SMILES string of the molecule is CCN(CC)c1ccc(N(C(=O)OC(C)(C)C)c2cc(C(=O)NCCc3ccccc3NC(C)=O)c(OOS(=O)c3ccc(C)cc3)c3ccccc23)cc1. The highest BCUT2D eigenvalue weighted by Gasteiger charge is 2.30. The van der Waals surface area contributed by atoms with Crippen LogP contribution in [-0.2, 0) is 31.4 Å². The van der Waals surface area contributed by atoms with Gasteiger partial charge in [0.2, 0.25) is 17.0 Å². The van der Waals surface area contributed by atoms with Gasteiger partial charge < -0.3 is 25.2 Å². The number of hydrogen-bond donors (Lipinski definition) is 2. The molecule has 0 spiro atoms. The molecule has 55 heavy (non-hydrogen) atoms. The molecule has 0 aliphatic carbocycles. The van der Waals surface area contributed by atoms with Crippen LogP contribution in [0.2, 0.25) is 0 Å². The Morgan fingerprint density at radius 1 is 0.800 bits per heavy atom. The van der Waals surface area contributed by atoms with Gasteiger partial charge in [-0.05, 0) is 102 Å². The zero-order chi connectivity index (χ0) is 39.7. The van der Waals surface area contributed by atoms with Gasteiger partial charge in [0.1, 0.15) is 5.60 Å². The first-order chi connectivity index (χ1) is 26.3. The third-order valence-electron chi connectivity index (χ3n) is 8.67. The molecule has 0 saturated carbocycles. The van der Waals surface area contributed by atoms with Crippen LogP contribution in [0.1, 0.15) is 63.0 Å². The van der Waals surface area contributed by atoms with E-state index in [0.717, 1.165) is 29.9 Å². The maximum atomic E-state index is 14.3. The molecule has 5 rings (SSSR count). The molecule has 3 amide bonds. The molecule has 0 aliphatic heterocycles. The van der Waals surface area contributed by atoms with E-state index in [9.17, 15) is 18.6 Å². The van der Waals surface area contributed by atoms with Gasteiger partial charge in [-0.2, -0.15) is 0 Å². The van der Waals surface area contributed by atoms with Gasteiger partial charge in [-0.25, -0.2) is 13.9 Å². The summed E-state index contributed by atoms with van der Waals surface area (Å²) in [6.45, 7) is 14.7. The summed E-state index contributed by atoms with van der Waals surface area (Å²) in [6.07, 6.45) is -0.255. The van der Waals surface area contributed by atoms with E-state index in [1.165, 1.54) is 11.8 Å². The second-order valence-corrected chi connectivity index (χ2v) is 14.9. The summed E-state index contributed by atoms with van der Waals surface area (Å²) in [7, 11) is 0. The average Bonchev–Trinajstić information content (AvgIpc) is 3.15. The van der Waals surface area contributed by atoms with Crippen LogP contribution < -0.4 is 25.3 Å². The molecule has 0 aliphatic rings. The first kappa shape index (κ1) is 40.5. The van der Waals surface area contributed by atoms with Gasteiger partial charge in [-0.1, -0.05) is 64.5 Å². The fourth-order valence-electron chi connectivity index (χ4n) is 6.03. The number of hydrogen-bond acceptors (Lipinski definition) is 8. The molecular formula is C43H48N4O7S. The Hall–Kier alpha value is -5.72. The van der Waals surface area contributed by atoms with Crippen molar-refractivity contribution < 1.29 is 32.6 Å². The van der Waals surface area contributed by atoms with Gasteiger partial charge >= 0.3 is 6.09 Å². The van der Waals surface area contributed by atoms with E-state index in [1.807, 2.05) is 67.6 Å². The lowest BCUT2D eigenvalue weighted by Gasteiger charge is -2.29. The number of carbonyl (C=O) groups excluding carboxylic acids is 3. The van der Waals surface area contributed by atoms with Crippen molar-refractivity contribution in [3.63, 3.8) is 0 Å². The fourth-order valence-corrected chi connectivity index (χ4v) is 6.60. The quantitative estimate of drug-likeness (QED) is 0.0848. The third kappa shape index (κ3) is 10.3. The molecule has 288 valence electrons. The van der Waals surface area contributed by atoms with Crippen LogP contribution >= 0.6 is 0 Å². The van der Waals surface area contributed by atoms with E-state index < -0.39 is 28.7 Å². The Bertz CT molecular complexity index is 2160. The Morgan fingerprint density at radius 3 is 2.05 bits per heavy atom. The van der Waals surface area contributed by atoms with Crippen molar-refractivity contribution in [2.75, 3.05) is 34.8 Å². The lowest BCUT2D eigenvalue weighted by atomic mass is 10.0. The predicted molar refractivity (Wildman–Crippen MR) is 218 cm³/mol. The molecule has 12 heteroatoms. The normalized spacial score (nSPS) is 11.8. The topological polar surface area (TPSA) is 127 Å². The number of rotatable bonds is 14. The number of fused-ring (bicyclic) bond motifs is 1. The smallest absolute Gasteiger partial charge is 0.419 e. The van der Waals surface area contributed by atoms with E-state index >= 15 is 0 Å². The molecule has 0 fully saturated rings. The van der Waals surface area contributed by atoms with Gasteiger partial charge in [-0.3, -0.25) is 9.59 Å². The molecule has 0 aromatic heterocycles. The van der Waals surface area contributed by atoms with Crippen LogP contribution in [0.25, 0.3) is 10.8 Å². The van der Waals surface area contributed by atoms with E-state index in [0.29, 0.717) is 39.2 Å². The summed E-state index contributed by atoms with van der Waals surface area (Å²) in [5.41, 5.74) is 3.51. The van der Waals surface area contributed by atoms with Crippen LogP contribution in [0.4, 0.5) is 27.5 Å². The van der Waals surface area contributed by atoms with Crippen LogP contribution in [0.15, 0.2) is 108 Å². The van der Waals surface area contributed by atoms with E-state index in [4.69, 9.17) is 14.0 Å². The van der Waals surface area contributed by atoms with Crippen molar-refractivity contribution in [1.82, 2.24) is 5.32 Å². The van der Waals surface area contributed by atoms with Crippen molar-refractivity contribution in [3.8, 4) is 5.75 Å². The van der Waals surface area contributed by atoms with E-state index in [1.54, 1.807) is 63.2 Å². The fraction of sp³-hybridized carbons (Fsp3) is 0.279. The highest BCUT2D eigenvalue weighted by Crippen LogP contribution is 2.41. The van der Waals surface area contributed by atoms with E-state index in [2.05, 4.69) is 29.4 Å². The zero-order valence-corrected chi connectivity index (χ0v) is 33.1. The monoisotopic (exact) mass is 764 g/mol. The number of nitrogens with one attached hydrogen (secondary N) is 2. The molecule has 1 atom stereocenters. The Kier molecular flexibility index (Phi) is 13.3. The molecule has 5 aromatic rings. The van der Waals surface area contributed by atoms with E-state index in [-0.39, 0.29) is 23.8 Å². The van der Waals surface area contributed by atoms with Crippen molar-refractivity contribution in [2.24, 2.45) is 0 Å². The molecule has 1 unspecified atom stereocenters. The minimum absolute atomic E-state index is 0.0111. The number of nitrogens with zero attached hydrogens (tertiary/aromatic N) is 2. The highest BCUT2D eigenvalue weighted by atomic mass is 32.2. The van der Waals surface area contributed by atoms with Gasteiger partial charge in [-0.15, -0.1) is 0 Å². The molecule has 2 N–H and O–H groups in total. The number of amides is 3. The summed E-state index contributed by atoms with van der Waals surface area (Å²) in [6, 6.07) is 30.6. The summed E-state index contributed by atoms with van der Waals surface area (Å²) in [5, 5.41) is 6.76. The second-order valence-electron chi connectivity index (χ2n) is 13.9. The average molecular weight is 765 g/mol. The number of ether oxygens (including phenoxy) is 1. The summed E-state index contributed by atoms with van der Waals surface area (Å²) < 4.78 is 24.7. The standard InChI is InChI=1S/C43H48N4O7S/c1-8-46(9-2)32-20-22-33(23-21-32)47(42(50)52-43(5,6)7)39-28-37(41(49)44-27-26-31-14-10-13-17-38(31)45-30(4)48)40(36-16-12-11-15-35(36)39)53-54-55(51)34-24-18-29(3)19-25-34/h10-25,28H,8-9,26-27H2,1-7H3,(H,44,49)(H,45,48). The number of aryl methyl sites for hydroxylation is 1. The maximum Gasteiger partial charge on any atom is 0.419 e. The first-order valence-corrected chi connectivity index (χ1v) is 19.3. The Balaban J connectivity index is 1.61. The number of benzene rings is 5. The van der Waals surface area contributed by atoms with Crippen LogP contribution in [0.3, 0.4) is 0 Å². The number of anilines is 4. The van der Waals surface area contributed by atoms with Gasteiger partial charge in [0.05, 0.1) is 21.8 Å². The maximum absolute atomic E-state index is 14.3.